The van der Waals surface area contributed by atoms with Crippen molar-refractivity contribution < 1.29 is 14.3 Å². The molecule has 1 aromatic carbocycles. The molecular formula is C16H17N3O3. The lowest BCUT2D eigenvalue weighted by atomic mass is 10.2. The van der Waals surface area contributed by atoms with Crippen LogP contribution in [-0.2, 0) is 0 Å². The van der Waals surface area contributed by atoms with Gasteiger partial charge in [-0.3, -0.25) is 9.78 Å². The van der Waals surface area contributed by atoms with E-state index in [4.69, 9.17) is 9.47 Å². The molecule has 0 radical (unpaired) electrons. The molecule has 22 heavy (non-hydrogen) atoms. The molecule has 0 aliphatic rings. The normalized spacial score (nSPS) is 10.5. The van der Waals surface area contributed by atoms with Gasteiger partial charge >= 0.3 is 0 Å². The van der Waals surface area contributed by atoms with Gasteiger partial charge in [-0.2, -0.15) is 5.10 Å². The predicted octanol–water partition coefficient (Wildman–Crippen LogP) is 2.25. The van der Waals surface area contributed by atoms with Crippen molar-refractivity contribution in [2.75, 3.05) is 13.7 Å². The quantitative estimate of drug-likeness (QED) is 0.656. The van der Waals surface area contributed by atoms with Gasteiger partial charge in [0.2, 0.25) is 0 Å². The third kappa shape index (κ3) is 4.05. The van der Waals surface area contributed by atoms with Crippen molar-refractivity contribution in [3.8, 4) is 11.5 Å². The summed E-state index contributed by atoms with van der Waals surface area (Å²) in [5.74, 6) is 0.914. The lowest BCUT2D eigenvalue weighted by Gasteiger charge is -2.09. The van der Waals surface area contributed by atoms with Gasteiger partial charge < -0.3 is 9.47 Å². The zero-order valence-corrected chi connectivity index (χ0v) is 12.4. The van der Waals surface area contributed by atoms with E-state index in [-0.39, 0.29) is 5.91 Å². The van der Waals surface area contributed by atoms with Gasteiger partial charge in [-0.05, 0) is 42.8 Å². The number of carbonyl (C=O) groups is 1. The minimum Gasteiger partial charge on any atom is -0.493 e. The summed E-state index contributed by atoms with van der Waals surface area (Å²) in [4.78, 5) is 15.7. The number of hydrogen-bond acceptors (Lipinski definition) is 5. The van der Waals surface area contributed by atoms with Crippen LogP contribution in [0.5, 0.6) is 11.5 Å². The Morgan fingerprint density at radius 2 is 2.18 bits per heavy atom. The zero-order chi connectivity index (χ0) is 15.8. The fourth-order valence-electron chi connectivity index (χ4n) is 1.76. The number of hydrogen-bond donors (Lipinski definition) is 1. The van der Waals surface area contributed by atoms with E-state index in [1.165, 1.54) is 6.21 Å². The Balaban J connectivity index is 2.04. The number of nitrogens with zero attached hydrogens (tertiary/aromatic N) is 2. The highest BCUT2D eigenvalue weighted by molar-refractivity contribution is 5.93. The third-order valence-corrected chi connectivity index (χ3v) is 2.76. The Hall–Kier alpha value is -2.89. The van der Waals surface area contributed by atoms with E-state index in [1.54, 1.807) is 43.6 Å². The molecule has 0 unspecified atom stereocenters. The van der Waals surface area contributed by atoms with Crippen molar-refractivity contribution in [1.29, 1.82) is 0 Å². The molecule has 0 fully saturated rings. The first-order chi connectivity index (χ1) is 10.7. The van der Waals surface area contributed by atoms with Gasteiger partial charge in [0.25, 0.3) is 5.91 Å². The van der Waals surface area contributed by atoms with Gasteiger partial charge in [0.05, 0.1) is 19.9 Å². The highest BCUT2D eigenvalue weighted by Crippen LogP contribution is 2.27. The van der Waals surface area contributed by atoms with Gasteiger partial charge in [-0.1, -0.05) is 6.07 Å². The van der Waals surface area contributed by atoms with Crippen LogP contribution in [0.4, 0.5) is 0 Å². The molecule has 6 nitrogen and oxygen atoms in total. The van der Waals surface area contributed by atoms with Crippen LogP contribution in [0.2, 0.25) is 0 Å². The van der Waals surface area contributed by atoms with Crippen LogP contribution < -0.4 is 14.9 Å². The molecule has 2 aromatic rings. The summed E-state index contributed by atoms with van der Waals surface area (Å²) in [6.45, 7) is 2.43. The van der Waals surface area contributed by atoms with Crippen molar-refractivity contribution in [2.45, 2.75) is 6.92 Å². The lowest BCUT2D eigenvalue weighted by Crippen LogP contribution is -2.18. The number of ether oxygens (including phenoxy) is 2. The predicted molar refractivity (Wildman–Crippen MR) is 83.5 cm³/mol. The number of nitrogens with one attached hydrogen (secondary N) is 1. The SMILES string of the molecule is CCOc1cc(C=NNC(=O)c2ccccn2)ccc1OC. The van der Waals surface area contributed by atoms with Crippen LogP contribution in [0.15, 0.2) is 47.7 Å². The Morgan fingerprint density at radius 3 is 2.86 bits per heavy atom. The second kappa shape index (κ2) is 7.78. The number of hydrazone groups is 1. The highest BCUT2D eigenvalue weighted by atomic mass is 16.5. The zero-order valence-electron chi connectivity index (χ0n) is 12.4. The van der Waals surface area contributed by atoms with Crippen LogP contribution in [0, 0.1) is 0 Å². The van der Waals surface area contributed by atoms with Gasteiger partial charge in [0, 0.05) is 6.20 Å². The number of methoxy groups -OCH3 is 1. The van der Waals surface area contributed by atoms with Crippen LogP contribution in [-0.4, -0.2) is 30.8 Å². The molecule has 6 heteroatoms. The molecule has 0 saturated carbocycles. The molecule has 0 bridgehead atoms. The molecule has 0 spiro atoms. The first-order valence-corrected chi connectivity index (χ1v) is 6.80. The number of rotatable bonds is 6. The molecule has 0 aliphatic heterocycles. The lowest BCUT2D eigenvalue weighted by molar-refractivity contribution is 0.0950. The minimum atomic E-state index is -0.365. The summed E-state index contributed by atoms with van der Waals surface area (Å²) >= 11 is 0. The number of carbonyl (C=O) groups excluding carboxylic acids is 1. The molecule has 114 valence electrons. The van der Waals surface area contributed by atoms with Crippen LogP contribution in [0.25, 0.3) is 0 Å². The molecule has 1 heterocycles. The second-order valence-electron chi connectivity index (χ2n) is 4.26. The summed E-state index contributed by atoms with van der Waals surface area (Å²) in [7, 11) is 1.58. The Kier molecular flexibility index (Phi) is 5.48. The van der Waals surface area contributed by atoms with Gasteiger partial charge in [-0.15, -0.1) is 0 Å². The summed E-state index contributed by atoms with van der Waals surface area (Å²) in [5.41, 5.74) is 3.52. The maximum Gasteiger partial charge on any atom is 0.289 e. The number of aromatic nitrogens is 1. The van der Waals surface area contributed by atoms with Crippen LogP contribution in [0.1, 0.15) is 23.0 Å². The summed E-state index contributed by atoms with van der Waals surface area (Å²) < 4.78 is 10.7. The van der Waals surface area contributed by atoms with Crippen molar-refractivity contribution in [2.24, 2.45) is 5.10 Å². The van der Waals surface area contributed by atoms with Crippen molar-refractivity contribution >= 4 is 12.1 Å². The Morgan fingerprint density at radius 1 is 1.32 bits per heavy atom. The first-order valence-electron chi connectivity index (χ1n) is 6.80. The van der Waals surface area contributed by atoms with E-state index < -0.39 is 0 Å². The van der Waals surface area contributed by atoms with Crippen LogP contribution >= 0.6 is 0 Å². The largest absolute Gasteiger partial charge is 0.493 e. The molecular weight excluding hydrogens is 282 g/mol. The van der Waals surface area contributed by atoms with Gasteiger partial charge in [0.15, 0.2) is 11.5 Å². The average Bonchev–Trinajstić information content (AvgIpc) is 2.56. The average molecular weight is 299 g/mol. The van der Waals surface area contributed by atoms with E-state index in [0.717, 1.165) is 5.56 Å². The van der Waals surface area contributed by atoms with Crippen molar-refractivity contribution in [3.05, 3.63) is 53.9 Å². The van der Waals surface area contributed by atoms with E-state index in [1.807, 2.05) is 13.0 Å². The monoisotopic (exact) mass is 299 g/mol. The van der Waals surface area contributed by atoms with Gasteiger partial charge in [-0.25, -0.2) is 5.43 Å². The number of amides is 1. The summed E-state index contributed by atoms with van der Waals surface area (Å²) in [6.07, 6.45) is 3.08. The standard InChI is InChI=1S/C16H17N3O3/c1-3-22-15-10-12(7-8-14(15)21-2)11-18-19-16(20)13-6-4-5-9-17-13/h4-11H,3H2,1-2H3,(H,19,20). The molecule has 1 N–H and O–H groups in total. The van der Waals surface area contributed by atoms with Gasteiger partial charge in [0.1, 0.15) is 5.69 Å². The highest BCUT2D eigenvalue weighted by Gasteiger charge is 2.05. The molecule has 2 rings (SSSR count). The molecule has 0 saturated heterocycles. The fourth-order valence-corrected chi connectivity index (χ4v) is 1.76. The van der Waals surface area contributed by atoms with E-state index in [2.05, 4.69) is 15.5 Å². The maximum atomic E-state index is 11.8. The summed E-state index contributed by atoms with van der Waals surface area (Å²) in [6, 6.07) is 10.5. The number of pyridine rings is 1. The smallest absolute Gasteiger partial charge is 0.289 e. The molecule has 0 aliphatic carbocycles. The number of benzene rings is 1. The topological polar surface area (TPSA) is 72.8 Å². The fraction of sp³-hybridized carbons (Fsp3) is 0.188. The van der Waals surface area contributed by atoms with Crippen LogP contribution in [0.3, 0.4) is 0 Å². The molecule has 0 atom stereocenters. The van der Waals surface area contributed by atoms with Crippen molar-refractivity contribution in [1.82, 2.24) is 10.4 Å². The second-order valence-corrected chi connectivity index (χ2v) is 4.26. The van der Waals surface area contributed by atoms with Crippen molar-refractivity contribution in [3.63, 3.8) is 0 Å². The van der Waals surface area contributed by atoms with E-state index >= 15 is 0 Å². The Bertz CT molecular complexity index is 657. The van der Waals surface area contributed by atoms with E-state index in [9.17, 15) is 4.79 Å². The Labute approximate surface area is 128 Å². The maximum absolute atomic E-state index is 11.8. The third-order valence-electron chi connectivity index (χ3n) is 2.76. The molecule has 1 aromatic heterocycles. The first kappa shape index (κ1) is 15.5. The van der Waals surface area contributed by atoms with E-state index in [0.29, 0.717) is 23.8 Å². The molecule has 1 amide bonds. The minimum absolute atomic E-state index is 0.310. The summed E-state index contributed by atoms with van der Waals surface area (Å²) in [5, 5.41) is 3.91.